The molecule has 0 aromatic carbocycles. The second-order valence-corrected chi connectivity index (χ2v) is 9.94. The number of rotatable bonds is 8. The van der Waals surface area contributed by atoms with Crippen LogP contribution in [0.3, 0.4) is 0 Å². The fraction of sp³-hybridized carbons (Fsp3) is 0.636. The predicted octanol–water partition coefficient (Wildman–Crippen LogP) is 4.51. The number of hydrogen-bond donors (Lipinski definition) is 2. The number of aliphatic imine (C=N–C) groups is 1. The third-order valence-corrected chi connectivity index (χ3v) is 7.54. The molecule has 29 heavy (non-hydrogen) atoms. The maximum absolute atomic E-state index is 4.95. The van der Waals surface area contributed by atoms with E-state index in [-0.39, 0.29) is 0 Å². The van der Waals surface area contributed by atoms with Crippen molar-refractivity contribution in [2.24, 2.45) is 10.9 Å². The Balaban J connectivity index is 1.57. The zero-order chi connectivity index (χ0) is 20.6. The first-order valence-electron chi connectivity index (χ1n) is 10.8. The third kappa shape index (κ3) is 6.27. The fourth-order valence-corrected chi connectivity index (χ4v) is 5.77. The lowest BCUT2D eigenvalue weighted by Gasteiger charge is -2.38. The minimum atomic E-state index is 0.486. The summed E-state index contributed by atoms with van der Waals surface area (Å²) in [4.78, 5) is 13.7. The lowest BCUT2D eigenvalue weighted by molar-refractivity contribution is 0.128. The zero-order valence-electron chi connectivity index (χ0n) is 18.1. The number of likely N-dealkylation sites (tertiary alicyclic amines) is 1. The molecular weight excluding hydrogens is 398 g/mol. The molecule has 0 aliphatic carbocycles. The highest BCUT2D eigenvalue weighted by Gasteiger charge is 2.31. The van der Waals surface area contributed by atoms with Crippen LogP contribution in [-0.2, 0) is 6.42 Å². The maximum atomic E-state index is 4.95. The molecule has 1 aliphatic heterocycles. The van der Waals surface area contributed by atoms with Gasteiger partial charge < -0.3 is 10.6 Å². The highest BCUT2D eigenvalue weighted by Crippen LogP contribution is 2.37. The number of hydrogen-bond acceptors (Lipinski definition) is 5. The molecule has 0 radical (unpaired) electrons. The molecule has 2 N–H and O–H groups in total. The predicted molar refractivity (Wildman–Crippen MR) is 126 cm³/mol. The van der Waals surface area contributed by atoms with Gasteiger partial charge in [0.05, 0.1) is 10.7 Å². The molecule has 7 heteroatoms. The molecule has 2 unspecified atom stereocenters. The van der Waals surface area contributed by atoms with Crippen molar-refractivity contribution in [3.8, 4) is 0 Å². The molecule has 3 rings (SSSR count). The van der Waals surface area contributed by atoms with E-state index in [2.05, 4.69) is 66.2 Å². The van der Waals surface area contributed by atoms with Crippen molar-refractivity contribution in [3.63, 3.8) is 0 Å². The van der Waals surface area contributed by atoms with Crippen molar-refractivity contribution in [1.29, 1.82) is 0 Å². The monoisotopic (exact) mass is 433 g/mol. The summed E-state index contributed by atoms with van der Waals surface area (Å²) in [6.45, 7) is 10.3. The summed E-state index contributed by atoms with van der Waals surface area (Å²) < 4.78 is 0. The van der Waals surface area contributed by atoms with E-state index in [0.29, 0.717) is 17.9 Å². The fourth-order valence-electron chi connectivity index (χ4n) is 3.92. The topological polar surface area (TPSA) is 52.6 Å². The second kappa shape index (κ2) is 11.1. The molecule has 0 saturated carbocycles. The average molecular weight is 434 g/mol. The van der Waals surface area contributed by atoms with Crippen molar-refractivity contribution in [2.75, 3.05) is 33.2 Å². The standard InChI is InChI=1S/C22H35N5S2/c1-5-23-22(24-11-10-18-15-29-21(26-18)16(2)3)25-14-17-8-6-12-27(4)20(17)19-9-7-13-28-19/h7,9,13,15-17,20H,5-6,8,10-12,14H2,1-4H3,(H2,23,24,25). The van der Waals surface area contributed by atoms with Crippen molar-refractivity contribution in [1.82, 2.24) is 20.5 Å². The molecule has 1 saturated heterocycles. The summed E-state index contributed by atoms with van der Waals surface area (Å²) >= 11 is 3.64. The summed E-state index contributed by atoms with van der Waals surface area (Å²) in [5.41, 5.74) is 1.17. The number of nitrogens with zero attached hydrogens (tertiary/aromatic N) is 3. The molecule has 0 bridgehead atoms. The molecule has 1 fully saturated rings. The highest BCUT2D eigenvalue weighted by molar-refractivity contribution is 7.10. The number of thiophene rings is 1. The molecule has 5 nitrogen and oxygen atoms in total. The van der Waals surface area contributed by atoms with E-state index in [1.807, 2.05) is 11.3 Å². The van der Waals surface area contributed by atoms with Crippen LogP contribution in [0, 0.1) is 5.92 Å². The van der Waals surface area contributed by atoms with Gasteiger partial charge in [-0.1, -0.05) is 19.9 Å². The summed E-state index contributed by atoms with van der Waals surface area (Å²) in [6.07, 6.45) is 3.43. The minimum Gasteiger partial charge on any atom is -0.357 e. The first-order valence-corrected chi connectivity index (χ1v) is 12.5. The van der Waals surface area contributed by atoms with Crippen LogP contribution in [-0.4, -0.2) is 49.1 Å². The lowest BCUT2D eigenvalue weighted by atomic mass is 9.88. The maximum Gasteiger partial charge on any atom is 0.191 e. The van der Waals surface area contributed by atoms with Crippen molar-refractivity contribution >= 4 is 28.6 Å². The largest absolute Gasteiger partial charge is 0.357 e. The van der Waals surface area contributed by atoms with Gasteiger partial charge in [-0.15, -0.1) is 22.7 Å². The van der Waals surface area contributed by atoms with E-state index in [4.69, 9.17) is 9.98 Å². The molecule has 1 aliphatic rings. The van der Waals surface area contributed by atoms with E-state index >= 15 is 0 Å². The van der Waals surface area contributed by atoms with Crippen molar-refractivity contribution < 1.29 is 0 Å². The quantitative estimate of drug-likeness (QED) is 0.475. The highest BCUT2D eigenvalue weighted by atomic mass is 32.1. The van der Waals surface area contributed by atoms with Crippen LogP contribution in [0.4, 0.5) is 0 Å². The van der Waals surface area contributed by atoms with E-state index < -0.39 is 0 Å². The Morgan fingerprint density at radius 2 is 2.21 bits per heavy atom. The molecule has 3 heterocycles. The first-order chi connectivity index (χ1) is 14.1. The van der Waals surface area contributed by atoms with E-state index in [0.717, 1.165) is 32.0 Å². The molecule has 2 aromatic rings. The molecule has 2 aromatic heterocycles. The van der Waals surface area contributed by atoms with Gasteiger partial charge in [-0.3, -0.25) is 9.89 Å². The Morgan fingerprint density at radius 3 is 2.90 bits per heavy atom. The zero-order valence-corrected chi connectivity index (χ0v) is 19.8. The van der Waals surface area contributed by atoms with Crippen LogP contribution in [0.15, 0.2) is 27.9 Å². The second-order valence-electron chi connectivity index (χ2n) is 8.07. The average Bonchev–Trinajstić information content (AvgIpc) is 3.38. The SMILES string of the molecule is CCNC(=NCC1CCCN(C)C1c1cccs1)NCCc1csc(C(C)C)n1. The van der Waals surface area contributed by atoms with Crippen LogP contribution >= 0.6 is 22.7 Å². The molecule has 0 spiro atoms. The Kier molecular flexibility index (Phi) is 8.51. The number of guanidine groups is 1. The summed E-state index contributed by atoms with van der Waals surface area (Å²) in [5.74, 6) is 1.99. The summed E-state index contributed by atoms with van der Waals surface area (Å²) in [5, 5.41) is 12.5. The van der Waals surface area contributed by atoms with Crippen LogP contribution in [0.2, 0.25) is 0 Å². The number of piperidine rings is 1. The number of nitrogens with one attached hydrogen (secondary N) is 2. The smallest absolute Gasteiger partial charge is 0.191 e. The van der Waals surface area contributed by atoms with Gasteiger partial charge in [0, 0.05) is 48.3 Å². The van der Waals surface area contributed by atoms with Gasteiger partial charge in [0.1, 0.15) is 0 Å². The number of aromatic nitrogens is 1. The molecule has 0 amide bonds. The van der Waals surface area contributed by atoms with Crippen molar-refractivity contribution in [2.45, 2.75) is 52.0 Å². The van der Waals surface area contributed by atoms with Gasteiger partial charge in [0.25, 0.3) is 0 Å². The van der Waals surface area contributed by atoms with Crippen LogP contribution in [0.25, 0.3) is 0 Å². The lowest BCUT2D eigenvalue weighted by Crippen LogP contribution is -2.40. The van der Waals surface area contributed by atoms with Gasteiger partial charge in [-0.05, 0) is 50.7 Å². The number of thiazole rings is 1. The molecule has 160 valence electrons. The molecular formula is C22H35N5S2. The van der Waals surface area contributed by atoms with Crippen LogP contribution in [0.1, 0.15) is 61.2 Å². The van der Waals surface area contributed by atoms with E-state index in [1.54, 1.807) is 11.3 Å². The first kappa shape index (κ1) is 22.2. The summed E-state index contributed by atoms with van der Waals surface area (Å²) in [7, 11) is 2.25. The van der Waals surface area contributed by atoms with E-state index in [9.17, 15) is 0 Å². The van der Waals surface area contributed by atoms with Gasteiger partial charge in [0.15, 0.2) is 5.96 Å². The van der Waals surface area contributed by atoms with Gasteiger partial charge in [-0.2, -0.15) is 0 Å². The summed E-state index contributed by atoms with van der Waals surface area (Å²) in [6, 6.07) is 4.92. The van der Waals surface area contributed by atoms with Gasteiger partial charge in [0.2, 0.25) is 0 Å². The third-order valence-electron chi connectivity index (χ3n) is 5.41. The Bertz CT molecular complexity index is 753. The Hall–Kier alpha value is -1.44. The Labute approximate surface area is 183 Å². The van der Waals surface area contributed by atoms with Gasteiger partial charge >= 0.3 is 0 Å². The normalized spacial score (nSPS) is 20.9. The van der Waals surface area contributed by atoms with E-state index in [1.165, 1.54) is 35.0 Å². The van der Waals surface area contributed by atoms with Gasteiger partial charge in [-0.25, -0.2) is 4.98 Å². The molecule has 2 atom stereocenters. The van der Waals surface area contributed by atoms with Crippen LogP contribution in [0.5, 0.6) is 0 Å². The van der Waals surface area contributed by atoms with Crippen molar-refractivity contribution in [3.05, 3.63) is 38.5 Å². The van der Waals surface area contributed by atoms with Crippen LogP contribution < -0.4 is 10.6 Å². The minimum absolute atomic E-state index is 0.486. The Morgan fingerprint density at radius 1 is 1.34 bits per heavy atom.